The van der Waals surface area contributed by atoms with E-state index in [1.807, 2.05) is 19.1 Å². The van der Waals surface area contributed by atoms with E-state index in [-0.39, 0.29) is 6.61 Å². The topological polar surface area (TPSA) is 26.3 Å². The highest BCUT2D eigenvalue weighted by molar-refractivity contribution is 5.39. The van der Waals surface area contributed by atoms with Gasteiger partial charge < -0.3 is 4.74 Å². The molecular formula is C10H12O2. The SMILES string of the molecule is C#C/C(=C\C=C/CC)COC=O. The number of ether oxygens (including phenoxy) is 1. The number of hydrogen-bond acceptors (Lipinski definition) is 2. The zero-order chi connectivity index (χ0) is 9.23. The van der Waals surface area contributed by atoms with E-state index < -0.39 is 0 Å². The molecule has 64 valence electrons. The Labute approximate surface area is 72.9 Å². The summed E-state index contributed by atoms with van der Waals surface area (Å²) in [4.78, 5) is 9.82. The van der Waals surface area contributed by atoms with Crippen molar-refractivity contribution in [2.24, 2.45) is 0 Å². The van der Waals surface area contributed by atoms with Crippen LogP contribution in [0.5, 0.6) is 0 Å². The Kier molecular flexibility index (Phi) is 6.67. The lowest BCUT2D eigenvalue weighted by Gasteiger charge is -1.94. The van der Waals surface area contributed by atoms with Crippen LogP contribution in [0.4, 0.5) is 0 Å². The number of hydrogen-bond donors (Lipinski definition) is 0. The van der Waals surface area contributed by atoms with Crippen LogP contribution >= 0.6 is 0 Å². The molecule has 0 heterocycles. The van der Waals surface area contributed by atoms with Crippen molar-refractivity contribution in [3.05, 3.63) is 23.8 Å². The van der Waals surface area contributed by atoms with Crippen LogP contribution in [0.25, 0.3) is 0 Å². The van der Waals surface area contributed by atoms with E-state index in [0.717, 1.165) is 6.42 Å². The maximum Gasteiger partial charge on any atom is 0.293 e. The van der Waals surface area contributed by atoms with Crippen LogP contribution in [-0.4, -0.2) is 13.1 Å². The fourth-order valence-corrected chi connectivity index (χ4v) is 0.582. The summed E-state index contributed by atoms with van der Waals surface area (Å²) in [5, 5.41) is 0. The van der Waals surface area contributed by atoms with Gasteiger partial charge in [0.25, 0.3) is 6.47 Å². The summed E-state index contributed by atoms with van der Waals surface area (Å²) in [6.07, 6.45) is 11.7. The molecule has 0 rings (SSSR count). The number of rotatable bonds is 5. The predicted molar refractivity (Wildman–Crippen MR) is 48.4 cm³/mol. The second-order valence-corrected chi connectivity index (χ2v) is 2.08. The molecule has 0 aromatic rings. The average Bonchev–Trinajstić information content (AvgIpc) is 2.11. The Morgan fingerprint density at radius 3 is 2.92 bits per heavy atom. The highest BCUT2D eigenvalue weighted by atomic mass is 16.5. The van der Waals surface area contributed by atoms with Crippen LogP contribution < -0.4 is 0 Å². The first-order chi connectivity index (χ1) is 5.85. The minimum Gasteiger partial charge on any atom is -0.462 e. The van der Waals surface area contributed by atoms with Crippen LogP contribution in [0.3, 0.4) is 0 Å². The molecular weight excluding hydrogens is 152 g/mol. The molecule has 0 saturated carbocycles. The molecule has 0 aliphatic carbocycles. The van der Waals surface area contributed by atoms with Gasteiger partial charge >= 0.3 is 0 Å². The van der Waals surface area contributed by atoms with Crippen LogP contribution in [0.2, 0.25) is 0 Å². The van der Waals surface area contributed by atoms with Gasteiger partial charge in [-0.25, -0.2) is 0 Å². The first kappa shape index (κ1) is 10.5. The molecule has 0 spiro atoms. The van der Waals surface area contributed by atoms with E-state index in [1.165, 1.54) is 0 Å². The predicted octanol–water partition coefficient (Wildman–Crippen LogP) is 1.69. The van der Waals surface area contributed by atoms with Crippen molar-refractivity contribution in [3.8, 4) is 12.3 Å². The zero-order valence-corrected chi connectivity index (χ0v) is 7.12. The fourth-order valence-electron chi connectivity index (χ4n) is 0.582. The Balaban J connectivity index is 3.97. The number of allylic oxidation sites excluding steroid dienone is 3. The smallest absolute Gasteiger partial charge is 0.293 e. The molecule has 0 saturated heterocycles. The highest BCUT2D eigenvalue weighted by Crippen LogP contribution is 1.93. The Hall–Kier alpha value is -1.49. The molecule has 12 heavy (non-hydrogen) atoms. The van der Waals surface area contributed by atoms with Gasteiger partial charge in [-0.1, -0.05) is 25.0 Å². The average molecular weight is 164 g/mol. The quantitative estimate of drug-likeness (QED) is 0.351. The van der Waals surface area contributed by atoms with E-state index in [0.29, 0.717) is 12.0 Å². The third kappa shape index (κ3) is 5.31. The maximum absolute atomic E-state index is 9.82. The fraction of sp³-hybridized carbons (Fsp3) is 0.300. The molecule has 0 radical (unpaired) electrons. The van der Waals surface area contributed by atoms with Crippen LogP contribution in [0.15, 0.2) is 23.8 Å². The second-order valence-electron chi connectivity index (χ2n) is 2.08. The Bertz CT molecular complexity index is 218. The van der Waals surface area contributed by atoms with Crippen molar-refractivity contribution in [2.45, 2.75) is 13.3 Å². The van der Waals surface area contributed by atoms with Crippen molar-refractivity contribution >= 4 is 6.47 Å². The first-order valence-electron chi connectivity index (χ1n) is 3.72. The molecule has 0 aromatic carbocycles. The molecule has 0 aliphatic rings. The van der Waals surface area contributed by atoms with Gasteiger partial charge in [0.15, 0.2) is 0 Å². The van der Waals surface area contributed by atoms with Gasteiger partial charge in [0.2, 0.25) is 0 Å². The summed E-state index contributed by atoms with van der Waals surface area (Å²) in [7, 11) is 0. The van der Waals surface area contributed by atoms with Gasteiger partial charge in [-0.15, -0.1) is 6.42 Å². The van der Waals surface area contributed by atoms with E-state index in [2.05, 4.69) is 10.7 Å². The molecule has 0 aliphatic heterocycles. The first-order valence-corrected chi connectivity index (χ1v) is 3.72. The van der Waals surface area contributed by atoms with E-state index in [1.54, 1.807) is 6.08 Å². The maximum atomic E-state index is 9.82. The number of carbonyl (C=O) groups excluding carboxylic acids is 1. The highest BCUT2D eigenvalue weighted by Gasteiger charge is 1.88. The van der Waals surface area contributed by atoms with E-state index >= 15 is 0 Å². The van der Waals surface area contributed by atoms with Crippen LogP contribution in [0.1, 0.15) is 13.3 Å². The third-order valence-electron chi connectivity index (χ3n) is 1.16. The molecule has 2 heteroatoms. The summed E-state index contributed by atoms with van der Waals surface area (Å²) in [6.45, 7) is 2.59. The van der Waals surface area contributed by atoms with Gasteiger partial charge in [0, 0.05) is 5.57 Å². The van der Waals surface area contributed by atoms with Gasteiger partial charge in [-0.2, -0.15) is 0 Å². The van der Waals surface area contributed by atoms with Gasteiger partial charge in [-0.05, 0) is 12.5 Å². The van der Waals surface area contributed by atoms with Gasteiger partial charge in [-0.3, -0.25) is 4.79 Å². The second kappa shape index (κ2) is 7.62. The van der Waals surface area contributed by atoms with E-state index in [4.69, 9.17) is 6.42 Å². The standard InChI is InChI=1S/C10H12O2/c1-3-5-6-7-10(4-2)8-12-9-11/h2,5-7,9H,3,8H2,1H3/b6-5-,10-7+. The molecule has 0 atom stereocenters. The van der Waals surface area contributed by atoms with Crippen molar-refractivity contribution < 1.29 is 9.53 Å². The summed E-state index contributed by atoms with van der Waals surface area (Å²) < 4.78 is 4.49. The normalized spacial score (nSPS) is 11.2. The lowest BCUT2D eigenvalue weighted by atomic mass is 10.2. The van der Waals surface area contributed by atoms with Crippen LogP contribution in [-0.2, 0) is 9.53 Å². The number of terminal acetylenes is 1. The van der Waals surface area contributed by atoms with Crippen molar-refractivity contribution in [3.63, 3.8) is 0 Å². The van der Waals surface area contributed by atoms with Crippen molar-refractivity contribution in [1.29, 1.82) is 0 Å². The Morgan fingerprint density at radius 1 is 1.67 bits per heavy atom. The molecule has 0 unspecified atom stereocenters. The monoisotopic (exact) mass is 164 g/mol. The van der Waals surface area contributed by atoms with Gasteiger partial charge in [0.1, 0.15) is 6.61 Å². The molecule has 0 amide bonds. The minimum absolute atomic E-state index is 0.175. The van der Waals surface area contributed by atoms with Crippen molar-refractivity contribution in [1.82, 2.24) is 0 Å². The summed E-state index contributed by atoms with van der Waals surface area (Å²) in [5.74, 6) is 2.42. The third-order valence-corrected chi connectivity index (χ3v) is 1.16. The molecule has 0 N–H and O–H groups in total. The lowest BCUT2D eigenvalue weighted by Crippen LogP contribution is -1.93. The molecule has 0 aromatic heterocycles. The summed E-state index contributed by atoms with van der Waals surface area (Å²) in [6, 6.07) is 0. The van der Waals surface area contributed by atoms with E-state index in [9.17, 15) is 4.79 Å². The van der Waals surface area contributed by atoms with Gasteiger partial charge in [0.05, 0.1) is 0 Å². The Morgan fingerprint density at radius 2 is 2.42 bits per heavy atom. The largest absolute Gasteiger partial charge is 0.462 e. The van der Waals surface area contributed by atoms with Crippen molar-refractivity contribution in [2.75, 3.05) is 6.61 Å². The zero-order valence-electron chi connectivity index (χ0n) is 7.12. The summed E-state index contributed by atoms with van der Waals surface area (Å²) in [5.41, 5.74) is 0.659. The van der Waals surface area contributed by atoms with Crippen LogP contribution in [0, 0.1) is 12.3 Å². The lowest BCUT2D eigenvalue weighted by molar-refractivity contribution is -0.127. The molecule has 0 bridgehead atoms. The summed E-state index contributed by atoms with van der Waals surface area (Å²) >= 11 is 0. The molecule has 0 fully saturated rings. The number of carbonyl (C=O) groups is 1. The minimum atomic E-state index is 0.175. The molecule has 2 nitrogen and oxygen atoms in total.